The Labute approximate surface area is 106 Å². The molecule has 1 aliphatic carbocycles. The molecule has 2 N–H and O–H groups in total. The number of amides is 1. The highest BCUT2D eigenvalue weighted by molar-refractivity contribution is 8.13. The number of rotatable bonds is 2. The van der Waals surface area contributed by atoms with Gasteiger partial charge in [-0.25, -0.2) is 0 Å². The molecular formula is C12H19N3OS. The van der Waals surface area contributed by atoms with Crippen LogP contribution < -0.4 is 10.6 Å². The second-order valence-corrected chi connectivity index (χ2v) is 6.21. The van der Waals surface area contributed by atoms with Crippen molar-refractivity contribution in [3.05, 3.63) is 0 Å². The first-order valence-corrected chi connectivity index (χ1v) is 7.53. The molecule has 3 fully saturated rings. The Morgan fingerprint density at radius 3 is 3.06 bits per heavy atom. The molecule has 0 aromatic rings. The molecule has 17 heavy (non-hydrogen) atoms. The van der Waals surface area contributed by atoms with Crippen molar-refractivity contribution in [2.75, 3.05) is 12.3 Å². The maximum absolute atomic E-state index is 11.1. The van der Waals surface area contributed by atoms with E-state index in [-0.39, 0.29) is 11.9 Å². The summed E-state index contributed by atoms with van der Waals surface area (Å²) in [5, 5.41) is 7.60. The molecule has 3 aliphatic rings. The maximum atomic E-state index is 11.1. The van der Waals surface area contributed by atoms with Crippen molar-refractivity contribution in [3.8, 4) is 0 Å². The van der Waals surface area contributed by atoms with Crippen molar-refractivity contribution in [3.63, 3.8) is 0 Å². The highest BCUT2D eigenvalue weighted by Gasteiger charge is 2.32. The first-order valence-electron chi connectivity index (χ1n) is 6.54. The van der Waals surface area contributed by atoms with Crippen LogP contribution in [-0.4, -0.2) is 35.5 Å². The van der Waals surface area contributed by atoms with E-state index in [4.69, 9.17) is 0 Å². The van der Waals surface area contributed by atoms with Gasteiger partial charge in [-0.2, -0.15) is 0 Å². The molecule has 0 radical (unpaired) electrons. The second kappa shape index (κ2) is 4.88. The molecule has 1 amide bonds. The first kappa shape index (κ1) is 11.4. The van der Waals surface area contributed by atoms with E-state index in [1.807, 2.05) is 11.8 Å². The number of nitrogens with zero attached hydrogens (tertiary/aromatic N) is 1. The molecule has 1 saturated carbocycles. The second-order valence-electron chi connectivity index (χ2n) is 5.20. The average molecular weight is 253 g/mol. The van der Waals surface area contributed by atoms with Gasteiger partial charge in [0.1, 0.15) is 0 Å². The van der Waals surface area contributed by atoms with Gasteiger partial charge in [-0.15, -0.1) is 0 Å². The summed E-state index contributed by atoms with van der Waals surface area (Å²) in [6.45, 7) is 0.735. The maximum Gasteiger partial charge on any atom is 0.220 e. The molecule has 0 bridgehead atoms. The van der Waals surface area contributed by atoms with Gasteiger partial charge in [-0.3, -0.25) is 9.79 Å². The van der Waals surface area contributed by atoms with Gasteiger partial charge in [0.15, 0.2) is 5.17 Å². The molecule has 0 spiro atoms. The van der Waals surface area contributed by atoms with Crippen LogP contribution in [0.25, 0.3) is 0 Å². The number of carbonyl (C=O) groups is 1. The number of carbonyl (C=O) groups excluding carboxylic acids is 1. The predicted molar refractivity (Wildman–Crippen MR) is 70.2 cm³/mol. The molecule has 3 atom stereocenters. The van der Waals surface area contributed by atoms with Gasteiger partial charge in [-0.05, 0) is 25.2 Å². The van der Waals surface area contributed by atoms with E-state index in [1.165, 1.54) is 25.0 Å². The molecule has 94 valence electrons. The normalized spacial score (nSPS) is 38.9. The average Bonchev–Trinajstić information content (AvgIpc) is 2.94. The SMILES string of the molecule is O=C1CCC(CN=C2NC3CCCC3CS2)N1. The number of hydrogen-bond acceptors (Lipinski definition) is 3. The van der Waals surface area contributed by atoms with E-state index in [2.05, 4.69) is 15.6 Å². The molecule has 3 unspecified atom stereocenters. The van der Waals surface area contributed by atoms with E-state index in [0.29, 0.717) is 12.5 Å². The summed E-state index contributed by atoms with van der Waals surface area (Å²) in [7, 11) is 0. The van der Waals surface area contributed by atoms with Crippen molar-refractivity contribution >= 4 is 22.8 Å². The number of thioether (sulfide) groups is 1. The Morgan fingerprint density at radius 2 is 2.24 bits per heavy atom. The number of fused-ring (bicyclic) bond motifs is 1. The lowest BCUT2D eigenvalue weighted by Gasteiger charge is -2.28. The van der Waals surface area contributed by atoms with Crippen LogP contribution in [0.15, 0.2) is 4.99 Å². The minimum absolute atomic E-state index is 0.176. The summed E-state index contributed by atoms with van der Waals surface area (Å²) in [4.78, 5) is 15.7. The highest BCUT2D eigenvalue weighted by atomic mass is 32.2. The Balaban J connectivity index is 1.52. The minimum atomic E-state index is 0.176. The molecule has 4 nitrogen and oxygen atoms in total. The third kappa shape index (κ3) is 2.59. The van der Waals surface area contributed by atoms with E-state index in [0.717, 1.165) is 24.1 Å². The zero-order valence-electron chi connectivity index (χ0n) is 9.95. The van der Waals surface area contributed by atoms with Crippen LogP contribution in [0.2, 0.25) is 0 Å². The number of nitrogens with one attached hydrogen (secondary N) is 2. The standard InChI is InChI=1S/C12H19N3OS/c16-11-5-4-9(14-11)6-13-12-15-10-3-1-2-8(10)7-17-12/h8-10H,1-7H2,(H,13,15)(H,14,16). The fourth-order valence-electron chi connectivity index (χ4n) is 2.91. The van der Waals surface area contributed by atoms with Gasteiger partial charge in [0.2, 0.25) is 5.91 Å². The number of aliphatic imine (C=N–C) groups is 1. The predicted octanol–water partition coefficient (Wildman–Crippen LogP) is 1.13. The Hall–Kier alpha value is -0.710. The van der Waals surface area contributed by atoms with Crippen LogP contribution in [-0.2, 0) is 4.79 Å². The summed E-state index contributed by atoms with van der Waals surface area (Å²) in [6.07, 6.45) is 5.63. The zero-order chi connectivity index (χ0) is 11.7. The zero-order valence-corrected chi connectivity index (χ0v) is 10.8. The third-order valence-corrected chi connectivity index (χ3v) is 5.06. The highest BCUT2D eigenvalue weighted by Crippen LogP contribution is 2.32. The fraction of sp³-hybridized carbons (Fsp3) is 0.833. The Bertz CT molecular complexity index is 345. The monoisotopic (exact) mass is 253 g/mol. The molecule has 0 aromatic heterocycles. The summed E-state index contributed by atoms with van der Waals surface area (Å²) in [5.74, 6) is 2.24. The molecule has 2 aliphatic heterocycles. The molecule has 0 aromatic carbocycles. The fourth-order valence-corrected chi connectivity index (χ4v) is 4.08. The quantitative estimate of drug-likeness (QED) is 0.775. The van der Waals surface area contributed by atoms with Crippen molar-refractivity contribution in [2.45, 2.75) is 44.2 Å². The third-order valence-electron chi connectivity index (χ3n) is 3.94. The lowest BCUT2D eigenvalue weighted by Crippen LogP contribution is -2.42. The molecule has 2 heterocycles. The van der Waals surface area contributed by atoms with Crippen molar-refractivity contribution < 1.29 is 4.79 Å². The van der Waals surface area contributed by atoms with Crippen LogP contribution in [0.3, 0.4) is 0 Å². The van der Waals surface area contributed by atoms with Crippen molar-refractivity contribution in [1.82, 2.24) is 10.6 Å². The summed E-state index contributed by atoms with van der Waals surface area (Å²) >= 11 is 1.85. The van der Waals surface area contributed by atoms with Gasteiger partial charge in [0.25, 0.3) is 0 Å². The van der Waals surface area contributed by atoms with Gasteiger partial charge in [-0.1, -0.05) is 18.2 Å². The summed E-state index contributed by atoms with van der Waals surface area (Å²) in [5.41, 5.74) is 0. The number of hydrogen-bond donors (Lipinski definition) is 2. The topological polar surface area (TPSA) is 53.5 Å². The molecule has 3 rings (SSSR count). The van der Waals surface area contributed by atoms with Crippen LogP contribution >= 0.6 is 11.8 Å². The van der Waals surface area contributed by atoms with E-state index in [9.17, 15) is 4.79 Å². The van der Waals surface area contributed by atoms with Crippen LogP contribution in [0.4, 0.5) is 0 Å². The molecule has 5 heteroatoms. The Kier molecular flexibility index (Phi) is 3.27. The lowest BCUT2D eigenvalue weighted by molar-refractivity contribution is -0.119. The van der Waals surface area contributed by atoms with Crippen LogP contribution in [0.5, 0.6) is 0 Å². The van der Waals surface area contributed by atoms with Gasteiger partial charge in [0, 0.05) is 24.3 Å². The largest absolute Gasteiger partial charge is 0.362 e. The van der Waals surface area contributed by atoms with Crippen molar-refractivity contribution in [1.29, 1.82) is 0 Å². The van der Waals surface area contributed by atoms with Crippen LogP contribution in [0.1, 0.15) is 32.1 Å². The lowest BCUT2D eigenvalue weighted by atomic mass is 10.1. The molecular weight excluding hydrogens is 234 g/mol. The van der Waals surface area contributed by atoms with Crippen LogP contribution in [0, 0.1) is 5.92 Å². The first-order chi connectivity index (χ1) is 8.31. The summed E-state index contributed by atoms with van der Waals surface area (Å²) < 4.78 is 0. The van der Waals surface area contributed by atoms with E-state index >= 15 is 0 Å². The van der Waals surface area contributed by atoms with E-state index < -0.39 is 0 Å². The van der Waals surface area contributed by atoms with Gasteiger partial charge in [0.05, 0.1) is 6.54 Å². The van der Waals surface area contributed by atoms with Crippen molar-refractivity contribution in [2.24, 2.45) is 10.9 Å². The van der Waals surface area contributed by atoms with Gasteiger partial charge >= 0.3 is 0 Å². The number of amidine groups is 1. The molecule has 2 saturated heterocycles. The van der Waals surface area contributed by atoms with Gasteiger partial charge < -0.3 is 10.6 Å². The summed E-state index contributed by atoms with van der Waals surface area (Å²) in [6, 6.07) is 0.923. The Morgan fingerprint density at radius 1 is 1.29 bits per heavy atom. The minimum Gasteiger partial charge on any atom is -0.362 e. The smallest absolute Gasteiger partial charge is 0.220 e. The van der Waals surface area contributed by atoms with E-state index in [1.54, 1.807) is 0 Å².